The van der Waals surface area contributed by atoms with Crippen molar-refractivity contribution < 1.29 is 14.3 Å². The Hall–Kier alpha value is -2.09. The molecule has 3 aromatic rings. The number of aryl methyl sites for hydroxylation is 1. The van der Waals surface area contributed by atoms with Gasteiger partial charge in [-0.1, -0.05) is 11.6 Å². The Bertz CT molecular complexity index is 967. The second-order valence-corrected chi connectivity index (χ2v) is 8.35. The maximum atomic E-state index is 12.3. The molecule has 1 aromatic carbocycles. The smallest absolute Gasteiger partial charge is 0.251 e. The van der Waals surface area contributed by atoms with Gasteiger partial charge in [0.2, 0.25) is 6.79 Å². The van der Waals surface area contributed by atoms with Crippen molar-refractivity contribution in [3.05, 3.63) is 50.1 Å². The van der Waals surface area contributed by atoms with Crippen molar-refractivity contribution in [1.82, 2.24) is 10.3 Å². The van der Waals surface area contributed by atoms with Gasteiger partial charge in [0.25, 0.3) is 5.91 Å². The van der Waals surface area contributed by atoms with Gasteiger partial charge in [0.15, 0.2) is 11.5 Å². The summed E-state index contributed by atoms with van der Waals surface area (Å²) in [5, 5.41) is 6.42. The van der Waals surface area contributed by atoms with Crippen LogP contribution < -0.4 is 14.8 Å². The van der Waals surface area contributed by atoms with E-state index in [0.717, 1.165) is 22.0 Å². The van der Waals surface area contributed by atoms with E-state index in [1.54, 1.807) is 34.8 Å². The number of fused-ring (bicyclic) bond motifs is 1. The first-order valence-electron chi connectivity index (χ1n) is 7.99. The fraction of sp³-hybridized carbons (Fsp3) is 0.222. The van der Waals surface area contributed by atoms with Gasteiger partial charge in [-0.3, -0.25) is 4.79 Å². The van der Waals surface area contributed by atoms with Gasteiger partial charge in [0.1, 0.15) is 0 Å². The van der Waals surface area contributed by atoms with E-state index < -0.39 is 0 Å². The molecule has 0 spiro atoms. The lowest BCUT2D eigenvalue weighted by atomic mass is 10.2. The highest BCUT2D eigenvalue weighted by Gasteiger charge is 2.20. The number of benzene rings is 1. The number of ether oxygens (including phenoxy) is 2. The Labute approximate surface area is 163 Å². The summed E-state index contributed by atoms with van der Waals surface area (Å²) >= 11 is 9.47. The largest absolute Gasteiger partial charge is 0.454 e. The number of thiazole rings is 1. The molecule has 0 radical (unpaired) electrons. The maximum absolute atomic E-state index is 12.3. The van der Waals surface area contributed by atoms with Crippen LogP contribution in [0.15, 0.2) is 29.6 Å². The van der Waals surface area contributed by atoms with Gasteiger partial charge < -0.3 is 14.8 Å². The molecular formula is C18H15ClN2O3S2. The topological polar surface area (TPSA) is 60.5 Å². The van der Waals surface area contributed by atoms with Gasteiger partial charge in [-0.25, -0.2) is 4.98 Å². The molecular weight excluding hydrogens is 392 g/mol. The number of nitrogens with one attached hydrogen (secondary N) is 1. The van der Waals surface area contributed by atoms with Crippen LogP contribution in [0.2, 0.25) is 5.02 Å². The molecule has 5 nitrogen and oxygen atoms in total. The van der Waals surface area contributed by atoms with Crippen molar-refractivity contribution in [3.8, 4) is 22.1 Å². The Balaban J connectivity index is 1.36. The van der Waals surface area contributed by atoms with Crippen molar-refractivity contribution >= 4 is 40.2 Å². The van der Waals surface area contributed by atoms with Crippen molar-refractivity contribution in [2.45, 2.75) is 13.3 Å². The number of carbonyl (C=O) groups excluding carboxylic acids is 1. The van der Waals surface area contributed by atoms with Crippen LogP contribution in [0, 0.1) is 6.92 Å². The SMILES string of the molecule is Cc1nc(-c2ccc(CCNC(=O)c3cc(Cl)c4c(c3)OCO4)s2)cs1. The first-order chi connectivity index (χ1) is 12.6. The molecule has 1 amide bonds. The minimum Gasteiger partial charge on any atom is -0.454 e. The van der Waals surface area contributed by atoms with Crippen molar-refractivity contribution in [1.29, 1.82) is 0 Å². The maximum Gasteiger partial charge on any atom is 0.251 e. The highest BCUT2D eigenvalue weighted by atomic mass is 35.5. The summed E-state index contributed by atoms with van der Waals surface area (Å²) in [5.74, 6) is 0.813. The standard InChI is InChI=1S/C18H15ClN2O3S2/c1-10-21-14(8-25-10)16-3-2-12(26-16)4-5-20-18(22)11-6-13(19)17-15(7-11)23-9-24-17/h2-3,6-8H,4-5,9H2,1H3,(H,20,22). The predicted molar refractivity (Wildman–Crippen MR) is 104 cm³/mol. The van der Waals surface area contributed by atoms with Gasteiger partial charge in [0.05, 0.1) is 20.6 Å². The minimum absolute atomic E-state index is 0.124. The van der Waals surface area contributed by atoms with Crippen molar-refractivity contribution in [2.75, 3.05) is 13.3 Å². The molecule has 1 aliphatic rings. The second kappa shape index (κ2) is 7.26. The summed E-state index contributed by atoms with van der Waals surface area (Å²) in [4.78, 5) is 19.2. The van der Waals surface area contributed by atoms with E-state index in [2.05, 4.69) is 27.8 Å². The van der Waals surface area contributed by atoms with Crippen LogP contribution in [0.4, 0.5) is 0 Å². The number of hydrogen-bond donors (Lipinski definition) is 1. The summed E-state index contributed by atoms with van der Waals surface area (Å²) in [6.07, 6.45) is 0.762. The van der Waals surface area contributed by atoms with E-state index in [1.807, 2.05) is 6.92 Å². The van der Waals surface area contributed by atoms with E-state index in [4.69, 9.17) is 21.1 Å². The molecule has 0 fully saturated rings. The molecule has 0 aliphatic carbocycles. The quantitative estimate of drug-likeness (QED) is 0.676. The Morgan fingerprint density at radius 2 is 2.23 bits per heavy atom. The van der Waals surface area contributed by atoms with E-state index in [0.29, 0.717) is 28.6 Å². The van der Waals surface area contributed by atoms with Crippen LogP contribution in [0.3, 0.4) is 0 Å². The summed E-state index contributed by atoms with van der Waals surface area (Å²) in [7, 11) is 0. The number of nitrogens with zero attached hydrogens (tertiary/aromatic N) is 1. The summed E-state index contributed by atoms with van der Waals surface area (Å²) in [6, 6.07) is 7.40. The lowest BCUT2D eigenvalue weighted by molar-refractivity contribution is 0.0953. The summed E-state index contributed by atoms with van der Waals surface area (Å²) < 4.78 is 10.6. The third kappa shape index (κ3) is 3.56. The zero-order valence-electron chi connectivity index (χ0n) is 13.9. The molecule has 2 aromatic heterocycles. The summed E-state index contributed by atoms with van der Waals surface area (Å²) in [5.41, 5.74) is 1.48. The third-order valence-electron chi connectivity index (χ3n) is 3.88. The predicted octanol–water partition coefficient (Wildman–Crippen LogP) is 4.53. The minimum atomic E-state index is -0.183. The average molecular weight is 407 g/mol. The van der Waals surface area contributed by atoms with Gasteiger partial charge in [-0.05, 0) is 37.6 Å². The number of hydrogen-bond acceptors (Lipinski definition) is 6. The molecule has 1 aliphatic heterocycles. The van der Waals surface area contributed by atoms with Gasteiger partial charge >= 0.3 is 0 Å². The zero-order chi connectivity index (χ0) is 18.1. The molecule has 8 heteroatoms. The molecule has 0 saturated heterocycles. The molecule has 0 saturated carbocycles. The number of carbonyl (C=O) groups is 1. The number of aromatic nitrogens is 1. The van der Waals surface area contributed by atoms with Gasteiger partial charge in [0, 0.05) is 22.4 Å². The molecule has 3 heterocycles. The third-order valence-corrected chi connectivity index (χ3v) is 6.10. The van der Waals surface area contributed by atoms with Gasteiger partial charge in [-0.15, -0.1) is 22.7 Å². The lowest BCUT2D eigenvalue weighted by Gasteiger charge is -2.06. The van der Waals surface area contributed by atoms with Crippen LogP contribution in [0.25, 0.3) is 10.6 Å². The van der Waals surface area contributed by atoms with E-state index in [1.165, 1.54) is 4.88 Å². The highest BCUT2D eigenvalue weighted by Crippen LogP contribution is 2.39. The summed E-state index contributed by atoms with van der Waals surface area (Å²) in [6.45, 7) is 2.67. The average Bonchev–Trinajstić information content (AvgIpc) is 3.34. The van der Waals surface area contributed by atoms with Crippen molar-refractivity contribution in [2.24, 2.45) is 0 Å². The Kier molecular flexibility index (Phi) is 4.84. The first kappa shape index (κ1) is 17.3. The van der Waals surface area contributed by atoms with Gasteiger partial charge in [-0.2, -0.15) is 0 Å². The number of rotatable bonds is 5. The van der Waals surface area contributed by atoms with Crippen LogP contribution in [0.5, 0.6) is 11.5 Å². The Morgan fingerprint density at radius 1 is 1.35 bits per heavy atom. The Morgan fingerprint density at radius 3 is 3.04 bits per heavy atom. The molecule has 0 atom stereocenters. The molecule has 26 heavy (non-hydrogen) atoms. The number of halogens is 1. The monoisotopic (exact) mass is 406 g/mol. The van der Waals surface area contributed by atoms with Crippen molar-refractivity contribution in [3.63, 3.8) is 0 Å². The van der Waals surface area contributed by atoms with Crippen LogP contribution in [-0.2, 0) is 6.42 Å². The molecule has 134 valence electrons. The molecule has 1 N–H and O–H groups in total. The lowest BCUT2D eigenvalue weighted by Crippen LogP contribution is -2.25. The fourth-order valence-corrected chi connectivity index (χ4v) is 4.55. The number of amides is 1. The first-order valence-corrected chi connectivity index (χ1v) is 10.1. The zero-order valence-corrected chi connectivity index (χ0v) is 16.3. The second-order valence-electron chi connectivity index (χ2n) is 5.72. The van der Waals surface area contributed by atoms with E-state index >= 15 is 0 Å². The van der Waals surface area contributed by atoms with Crippen LogP contribution in [0.1, 0.15) is 20.2 Å². The molecule has 0 bridgehead atoms. The number of thiophene rings is 1. The van der Waals surface area contributed by atoms with E-state index in [-0.39, 0.29) is 12.7 Å². The van der Waals surface area contributed by atoms with Crippen LogP contribution >= 0.6 is 34.3 Å². The normalized spacial score (nSPS) is 12.4. The fourth-order valence-electron chi connectivity index (χ4n) is 2.63. The molecule has 4 rings (SSSR count). The van der Waals surface area contributed by atoms with E-state index in [9.17, 15) is 4.79 Å². The molecule has 0 unspecified atom stereocenters. The highest BCUT2D eigenvalue weighted by molar-refractivity contribution is 7.16. The van der Waals surface area contributed by atoms with Crippen LogP contribution in [-0.4, -0.2) is 24.2 Å².